The van der Waals surface area contributed by atoms with Gasteiger partial charge in [-0.2, -0.15) is 0 Å². The molecule has 1 atom stereocenters. The Morgan fingerprint density at radius 2 is 1.47 bits per heavy atom. The molecule has 0 aliphatic rings. The Morgan fingerprint density at radius 1 is 0.947 bits per heavy atom. The molecule has 95 valence electrons. The van der Waals surface area contributed by atoms with Gasteiger partial charge in [0.1, 0.15) is 5.75 Å². The van der Waals surface area contributed by atoms with Crippen LogP contribution in [0.15, 0.2) is 41.3 Å². The Morgan fingerprint density at radius 3 is 2.05 bits per heavy atom. The molecule has 3 nitrogen and oxygen atoms in total. The number of rotatable bonds is 2. The monoisotopic (exact) mass is 301 g/mol. The Kier molecular flexibility index (Phi) is 6.39. The molecule has 0 heterocycles. The third kappa shape index (κ3) is 3.98. The summed E-state index contributed by atoms with van der Waals surface area (Å²) in [5.74, 6) is 0.109. The zero-order chi connectivity index (χ0) is 13.3. The van der Waals surface area contributed by atoms with Crippen LogP contribution >= 0.6 is 0 Å². The summed E-state index contributed by atoms with van der Waals surface area (Å²) in [4.78, 5) is 0.307. The second-order valence-electron chi connectivity index (χ2n) is 4.27. The average Bonchev–Trinajstić information content (AvgIpc) is 2.31. The van der Waals surface area contributed by atoms with Crippen molar-refractivity contribution in [1.82, 2.24) is 0 Å². The summed E-state index contributed by atoms with van der Waals surface area (Å²) in [7, 11) is 0. The van der Waals surface area contributed by atoms with Crippen LogP contribution in [0.3, 0.4) is 0 Å². The van der Waals surface area contributed by atoms with E-state index in [1.807, 2.05) is 13.8 Å². The van der Waals surface area contributed by atoms with Crippen LogP contribution in [0.4, 0.5) is 0 Å². The first kappa shape index (κ1) is 17.0. The van der Waals surface area contributed by atoms with Crippen molar-refractivity contribution in [2.45, 2.75) is 18.7 Å². The summed E-state index contributed by atoms with van der Waals surface area (Å²) in [5.41, 5.74) is 3.13. The maximum Gasteiger partial charge on any atom is 0.187 e. The molecule has 0 spiro atoms. The van der Waals surface area contributed by atoms with Gasteiger partial charge in [-0.25, -0.2) is 4.21 Å². The molecule has 0 saturated heterocycles. The Labute approximate surface area is 157 Å². The minimum atomic E-state index is -2.08. The molecule has 5 heteroatoms. The van der Waals surface area contributed by atoms with Crippen LogP contribution in [0.2, 0.25) is 0 Å². The molecule has 2 N–H and O–H groups in total. The van der Waals surface area contributed by atoms with Crippen LogP contribution in [0, 0.1) is 13.8 Å². The predicted octanol–water partition coefficient (Wildman–Crippen LogP) is 2.88. The largest absolute Gasteiger partial charge is 0.507 e. The van der Waals surface area contributed by atoms with Crippen LogP contribution in [0.1, 0.15) is 11.1 Å². The standard InChI is InChI=1S/C14H14O3S.K/c1-9-3-5-13(15)11(7-9)12-8-10(2)4-6-14(12)18(16)17;/h3-8,15H,1-2H3,(H,16,17);. The van der Waals surface area contributed by atoms with Crippen molar-refractivity contribution in [2.75, 3.05) is 0 Å². The number of hydrogen-bond donors (Lipinski definition) is 2. The van der Waals surface area contributed by atoms with E-state index in [9.17, 15) is 13.9 Å². The molecule has 0 bridgehead atoms. The van der Waals surface area contributed by atoms with Crippen molar-refractivity contribution < 1.29 is 13.9 Å². The van der Waals surface area contributed by atoms with Crippen molar-refractivity contribution in [1.29, 1.82) is 0 Å². The third-order valence-electron chi connectivity index (χ3n) is 2.77. The fourth-order valence-corrected chi connectivity index (χ4v) is 2.41. The summed E-state index contributed by atoms with van der Waals surface area (Å²) < 4.78 is 20.6. The molecule has 0 aliphatic heterocycles. The van der Waals surface area contributed by atoms with Crippen LogP contribution in [0.5, 0.6) is 5.75 Å². The van der Waals surface area contributed by atoms with E-state index in [4.69, 9.17) is 0 Å². The fourth-order valence-electron chi connectivity index (χ4n) is 1.87. The van der Waals surface area contributed by atoms with Crippen molar-refractivity contribution >= 4 is 62.5 Å². The minimum Gasteiger partial charge on any atom is -0.507 e. The molecule has 2 aromatic rings. The minimum absolute atomic E-state index is 0. The van der Waals surface area contributed by atoms with Crippen LogP contribution in [-0.2, 0) is 11.1 Å². The summed E-state index contributed by atoms with van der Waals surface area (Å²) in [6.07, 6.45) is 0. The van der Waals surface area contributed by atoms with E-state index in [1.54, 1.807) is 36.4 Å². The van der Waals surface area contributed by atoms with Gasteiger partial charge in [-0.3, -0.25) is 0 Å². The van der Waals surface area contributed by atoms with Crippen molar-refractivity contribution in [3.8, 4) is 16.9 Å². The van der Waals surface area contributed by atoms with Crippen LogP contribution in [0.25, 0.3) is 11.1 Å². The second kappa shape index (κ2) is 7.13. The van der Waals surface area contributed by atoms with Gasteiger partial charge in [-0.05, 0) is 38.1 Å². The summed E-state index contributed by atoms with van der Waals surface area (Å²) in [5, 5.41) is 9.90. The molecule has 0 fully saturated rings. The molecule has 0 aliphatic carbocycles. The number of aryl methyl sites for hydroxylation is 2. The molecule has 1 unspecified atom stereocenters. The van der Waals surface area contributed by atoms with Crippen molar-refractivity contribution in [2.24, 2.45) is 0 Å². The van der Waals surface area contributed by atoms with Gasteiger partial charge in [0, 0.05) is 62.5 Å². The number of aromatic hydroxyl groups is 1. The number of phenolic OH excluding ortho intramolecular Hbond substituents is 1. The zero-order valence-electron chi connectivity index (χ0n) is 11.2. The van der Waals surface area contributed by atoms with Gasteiger partial charge >= 0.3 is 0 Å². The first-order chi connectivity index (χ1) is 8.49. The average molecular weight is 301 g/mol. The quantitative estimate of drug-likeness (QED) is 0.662. The SMILES string of the molecule is Cc1ccc(O)c(-c2cc(C)ccc2S(=O)O)c1.[K]. The van der Waals surface area contributed by atoms with E-state index in [-0.39, 0.29) is 57.1 Å². The summed E-state index contributed by atoms with van der Waals surface area (Å²) in [6.45, 7) is 3.81. The smallest absolute Gasteiger partial charge is 0.187 e. The molecule has 0 aromatic heterocycles. The number of phenols is 1. The molecule has 19 heavy (non-hydrogen) atoms. The van der Waals surface area contributed by atoms with Gasteiger partial charge in [-0.1, -0.05) is 23.3 Å². The maximum absolute atomic E-state index is 11.3. The Hall–Kier alpha value is -0.0136. The van der Waals surface area contributed by atoms with E-state index >= 15 is 0 Å². The second-order valence-corrected chi connectivity index (χ2v) is 5.21. The molecule has 0 amide bonds. The zero-order valence-corrected chi connectivity index (χ0v) is 15.1. The third-order valence-corrected chi connectivity index (χ3v) is 3.50. The normalized spacial score (nSPS) is 11.7. The van der Waals surface area contributed by atoms with Crippen LogP contribution in [-0.4, -0.2) is 65.3 Å². The predicted molar refractivity (Wildman–Crippen MR) is 77.8 cm³/mol. The number of benzene rings is 2. The molecule has 2 rings (SSSR count). The molecular formula is C14H14KO3S. The van der Waals surface area contributed by atoms with Crippen LogP contribution < -0.4 is 0 Å². The first-order valence-corrected chi connectivity index (χ1v) is 6.61. The summed E-state index contributed by atoms with van der Waals surface area (Å²) >= 11 is -2.08. The van der Waals surface area contributed by atoms with E-state index in [0.29, 0.717) is 16.0 Å². The topological polar surface area (TPSA) is 57.5 Å². The van der Waals surface area contributed by atoms with Gasteiger partial charge < -0.3 is 9.66 Å². The van der Waals surface area contributed by atoms with E-state index in [0.717, 1.165) is 11.1 Å². The van der Waals surface area contributed by atoms with Gasteiger partial charge in [0.2, 0.25) is 0 Å². The van der Waals surface area contributed by atoms with Crippen molar-refractivity contribution in [3.05, 3.63) is 47.5 Å². The first-order valence-electron chi connectivity index (χ1n) is 5.50. The van der Waals surface area contributed by atoms with Gasteiger partial charge in [0.15, 0.2) is 11.1 Å². The Bertz CT molecular complexity index is 626. The van der Waals surface area contributed by atoms with E-state index in [2.05, 4.69) is 0 Å². The summed E-state index contributed by atoms with van der Waals surface area (Å²) in [6, 6.07) is 10.4. The Balaban J connectivity index is 0.00000180. The molecule has 2 aromatic carbocycles. The number of hydrogen-bond acceptors (Lipinski definition) is 2. The van der Waals surface area contributed by atoms with Gasteiger partial charge in [0.05, 0.1) is 4.90 Å². The maximum atomic E-state index is 11.3. The fraction of sp³-hybridized carbons (Fsp3) is 0.143. The van der Waals surface area contributed by atoms with E-state index < -0.39 is 11.1 Å². The van der Waals surface area contributed by atoms with Gasteiger partial charge in [0.25, 0.3) is 0 Å². The van der Waals surface area contributed by atoms with E-state index in [1.165, 1.54) is 0 Å². The molecule has 1 radical (unpaired) electrons. The van der Waals surface area contributed by atoms with Gasteiger partial charge in [-0.15, -0.1) is 0 Å². The van der Waals surface area contributed by atoms with Crippen molar-refractivity contribution in [3.63, 3.8) is 0 Å². The molecular weight excluding hydrogens is 287 g/mol. The molecule has 0 saturated carbocycles.